The van der Waals surface area contributed by atoms with Gasteiger partial charge in [0.05, 0.1) is 36.7 Å². The van der Waals surface area contributed by atoms with E-state index in [1.807, 2.05) is 48.8 Å². The van der Waals surface area contributed by atoms with Crippen LogP contribution in [0, 0.1) is 26.0 Å². The van der Waals surface area contributed by atoms with Gasteiger partial charge in [0.25, 0.3) is 0 Å². The molecule has 0 N–H and O–H groups in total. The van der Waals surface area contributed by atoms with Gasteiger partial charge in [0.15, 0.2) is 0 Å². The Morgan fingerprint density at radius 2 is 1.37 bits per heavy atom. The van der Waals surface area contributed by atoms with E-state index < -0.39 is 8.07 Å². The van der Waals surface area contributed by atoms with Gasteiger partial charge in [0.2, 0.25) is 0 Å². The number of aromatic nitrogens is 4. The number of para-hydroxylation sites is 1. The first kappa shape index (κ1) is 41.7. The van der Waals surface area contributed by atoms with E-state index in [-0.39, 0.29) is 31.9 Å². The summed E-state index contributed by atoms with van der Waals surface area (Å²) in [6, 6.07) is 44.5. The number of fused-ring (bicyclic) bond motifs is 4. The average molecular weight is 967 g/mol. The number of furan rings is 1. The minimum Gasteiger partial charge on any atom is -0.501 e. The van der Waals surface area contributed by atoms with Crippen molar-refractivity contribution in [3.05, 3.63) is 162 Å². The molecule has 299 valence electrons. The summed E-state index contributed by atoms with van der Waals surface area (Å²) < 4.78 is 8.80. The fraction of sp³-hybridized carbons (Fsp3) is 0.212. The van der Waals surface area contributed by atoms with Gasteiger partial charge < -0.3 is 14.0 Å². The van der Waals surface area contributed by atoms with Crippen LogP contribution in [0.15, 0.2) is 132 Å². The number of benzene rings is 5. The standard InChI is InChI=1S/C37H32N3O.C15H18NSi.Ir/c1-22(2)30-18-26(25-12-7-6-8-13-25)19-31(23(3)4)35(30)40-32-21-38-20-24(5)34(32)39-37(40)29-16-11-15-28-27-14-9-10-17-33(27)41-36(28)29;1-12-10-14(13-8-6-5-7-9-13)16-11-15(12)17(2,3)4;/h6-15,17-23H,1-5H3;5-8,10-11H,1-4H3;/q2*-1;. The number of imidazole rings is 1. The second-order valence-corrected chi connectivity index (χ2v) is 21.9. The molecule has 5 nitrogen and oxygen atoms in total. The third-order valence-electron chi connectivity index (χ3n) is 11.0. The first-order chi connectivity index (χ1) is 27.9. The van der Waals surface area contributed by atoms with Gasteiger partial charge in [-0.15, -0.1) is 54.1 Å². The van der Waals surface area contributed by atoms with Crippen LogP contribution in [0.3, 0.4) is 0 Å². The molecule has 4 heterocycles. The Hall–Kier alpha value is -5.46. The van der Waals surface area contributed by atoms with Crippen molar-refractivity contribution in [1.29, 1.82) is 0 Å². The normalized spacial score (nSPS) is 11.6. The van der Waals surface area contributed by atoms with Crippen molar-refractivity contribution in [2.45, 2.75) is 73.0 Å². The molecule has 9 rings (SSSR count). The molecule has 7 heteroatoms. The maximum absolute atomic E-state index is 6.49. The van der Waals surface area contributed by atoms with Crippen molar-refractivity contribution in [2.75, 3.05) is 0 Å². The van der Waals surface area contributed by atoms with E-state index in [1.165, 1.54) is 38.7 Å². The molecule has 0 unspecified atom stereocenters. The molecule has 5 aromatic carbocycles. The van der Waals surface area contributed by atoms with Crippen LogP contribution in [0.2, 0.25) is 19.6 Å². The van der Waals surface area contributed by atoms with Crippen molar-refractivity contribution in [1.82, 2.24) is 19.5 Å². The van der Waals surface area contributed by atoms with Crippen LogP contribution < -0.4 is 5.19 Å². The van der Waals surface area contributed by atoms with Crippen molar-refractivity contribution in [3.63, 3.8) is 0 Å². The second kappa shape index (κ2) is 17.0. The van der Waals surface area contributed by atoms with Crippen LogP contribution in [0.1, 0.15) is 61.8 Å². The quantitative estimate of drug-likeness (QED) is 0.118. The Labute approximate surface area is 363 Å². The second-order valence-electron chi connectivity index (χ2n) is 16.9. The zero-order valence-corrected chi connectivity index (χ0v) is 38.7. The molecule has 0 aliphatic carbocycles. The molecule has 9 aromatic rings. The number of hydrogen-bond acceptors (Lipinski definition) is 4. The molecule has 0 amide bonds. The smallest absolute Gasteiger partial charge is 0.120 e. The van der Waals surface area contributed by atoms with Gasteiger partial charge in [-0.2, -0.15) is 0 Å². The molecule has 1 radical (unpaired) electrons. The first-order valence-corrected chi connectivity index (χ1v) is 23.7. The van der Waals surface area contributed by atoms with Crippen LogP contribution in [0.5, 0.6) is 0 Å². The van der Waals surface area contributed by atoms with Gasteiger partial charge in [-0.05, 0) is 82.6 Å². The Kier molecular flexibility index (Phi) is 12.0. The molecule has 59 heavy (non-hydrogen) atoms. The van der Waals surface area contributed by atoms with Gasteiger partial charge in [-0.1, -0.05) is 118 Å². The van der Waals surface area contributed by atoms with E-state index in [1.54, 1.807) is 0 Å². The van der Waals surface area contributed by atoms with Gasteiger partial charge >= 0.3 is 0 Å². The van der Waals surface area contributed by atoms with Crippen molar-refractivity contribution in [3.8, 4) is 39.5 Å². The molecule has 0 aliphatic rings. The molecule has 0 aliphatic heterocycles. The summed E-state index contributed by atoms with van der Waals surface area (Å²) in [5.74, 6) is 1.37. The molecule has 4 aromatic heterocycles. The minimum atomic E-state index is -1.27. The Bertz CT molecular complexity index is 2880. The largest absolute Gasteiger partial charge is 0.501 e. The zero-order chi connectivity index (χ0) is 40.7. The van der Waals surface area contributed by atoms with Crippen molar-refractivity contribution < 1.29 is 24.5 Å². The third-order valence-corrected chi connectivity index (χ3v) is 13.1. The fourth-order valence-corrected chi connectivity index (χ4v) is 9.74. The minimum absolute atomic E-state index is 0. The van der Waals surface area contributed by atoms with Crippen molar-refractivity contribution in [2.24, 2.45) is 0 Å². The number of hydrogen-bond donors (Lipinski definition) is 0. The molecule has 0 spiro atoms. The summed E-state index contributed by atoms with van der Waals surface area (Å²) >= 11 is 0. The number of aryl methyl sites for hydroxylation is 2. The fourth-order valence-electron chi connectivity index (χ4n) is 8.03. The summed E-state index contributed by atoms with van der Waals surface area (Å²) in [4.78, 5) is 14.5. The Morgan fingerprint density at radius 3 is 2.03 bits per heavy atom. The predicted molar refractivity (Wildman–Crippen MR) is 245 cm³/mol. The molecule has 0 saturated heterocycles. The summed E-state index contributed by atoms with van der Waals surface area (Å²) in [7, 11) is -1.27. The first-order valence-electron chi connectivity index (χ1n) is 20.2. The van der Waals surface area contributed by atoms with Crippen LogP contribution in [0.4, 0.5) is 0 Å². The van der Waals surface area contributed by atoms with E-state index in [9.17, 15) is 0 Å². The summed E-state index contributed by atoms with van der Waals surface area (Å²) in [5.41, 5.74) is 15.1. The third kappa shape index (κ3) is 8.12. The topological polar surface area (TPSA) is 56.7 Å². The van der Waals surface area contributed by atoms with Crippen molar-refractivity contribution >= 4 is 46.2 Å². The van der Waals surface area contributed by atoms with Gasteiger partial charge in [0, 0.05) is 43.6 Å². The zero-order valence-electron chi connectivity index (χ0n) is 35.3. The summed E-state index contributed by atoms with van der Waals surface area (Å²) in [5, 5.41) is 3.60. The van der Waals surface area contributed by atoms with Crippen LogP contribution in [-0.2, 0) is 20.1 Å². The molecule has 0 saturated carbocycles. The Balaban J connectivity index is 0.000000247. The number of pyridine rings is 2. The van der Waals surface area contributed by atoms with Gasteiger partial charge in [-0.25, -0.2) is 0 Å². The van der Waals surface area contributed by atoms with Gasteiger partial charge in [-0.3, -0.25) is 9.97 Å². The van der Waals surface area contributed by atoms with E-state index in [0.29, 0.717) is 0 Å². The van der Waals surface area contributed by atoms with E-state index in [0.717, 1.165) is 61.2 Å². The average Bonchev–Trinajstić information content (AvgIpc) is 3.80. The van der Waals surface area contributed by atoms with E-state index >= 15 is 0 Å². The molecule has 0 fully saturated rings. The van der Waals surface area contributed by atoms with Crippen LogP contribution in [0.25, 0.3) is 72.4 Å². The SMILES string of the molecule is Cc1cc(-c2[c-]cccc2)ncc1[Si](C)(C)C.Cc1cncc2c1nc(-c1[c-]ccc3c1oc1ccccc13)n2-c1c(C(C)C)cc(-c2ccccc2)cc1C(C)C.[Ir]. The maximum Gasteiger partial charge on any atom is 0.120 e. The number of nitrogens with zero attached hydrogens (tertiary/aromatic N) is 4. The monoisotopic (exact) mass is 967 g/mol. The Morgan fingerprint density at radius 1 is 0.678 bits per heavy atom. The maximum atomic E-state index is 6.49. The van der Waals surface area contributed by atoms with Crippen LogP contribution >= 0.6 is 0 Å². The van der Waals surface area contributed by atoms with E-state index in [2.05, 4.69) is 167 Å². The van der Waals surface area contributed by atoms with Gasteiger partial charge in [0.1, 0.15) is 5.58 Å². The molecular weight excluding hydrogens is 917 g/mol. The predicted octanol–water partition coefficient (Wildman–Crippen LogP) is 13.4. The molecular formula is C52H50IrN4OSi-2. The van der Waals surface area contributed by atoms with Crippen LogP contribution in [-0.4, -0.2) is 27.6 Å². The van der Waals surface area contributed by atoms with E-state index in [4.69, 9.17) is 9.40 Å². The number of rotatable bonds is 7. The molecule has 0 atom stereocenters. The summed E-state index contributed by atoms with van der Waals surface area (Å²) in [6.07, 6.45) is 5.88. The molecule has 0 bridgehead atoms. The summed E-state index contributed by atoms with van der Waals surface area (Å²) in [6.45, 7) is 20.4.